The number of hydrogen-bond donors (Lipinski definition) is 0. The minimum atomic E-state index is -3.36. The molecule has 0 fully saturated rings. The van der Waals surface area contributed by atoms with Gasteiger partial charge in [-0.3, -0.25) is 0 Å². The van der Waals surface area contributed by atoms with Crippen molar-refractivity contribution >= 4 is 26.6 Å². The summed E-state index contributed by atoms with van der Waals surface area (Å²) in [5.41, 5.74) is 1.30. The number of sulfone groups is 1. The maximum atomic E-state index is 12.0. The maximum Gasteiger partial charge on any atom is 0.176 e. The van der Waals surface area contributed by atoms with Crippen molar-refractivity contribution in [3.05, 3.63) is 48.5 Å². The lowest BCUT2D eigenvalue weighted by Gasteiger charge is -2.16. The third-order valence-electron chi connectivity index (χ3n) is 3.53. The number of aromatic nitrogens is 2. The van der Waals surface area contributed by atoms with Crippen LogP contribution >= 0.6 is 0 Å². The molecule has 0 aliphatic heterocycles. The van der Waals surface area contributed by atoms with Crippen molar-refractivity contribution in [3.8, 4) is 11.4 Å². The van der Waals surface area contributed by atoms with E-state index < -0.39 is 9.84 Å². The molecule has 118 valence electrons. The first-order valence-electron chi connectivity index (χ1n) is 7.11. The van der Waals surface area contributed by atoms with E-state index >= 15 is 0 Å². The molecule has 0 unspecified atom stereocenters. The van der Waals surface area contributed by atoms with Crippen LogP contribution in [0.4, 0.5) is 5.82 Å². The zero-order valence-corrected chi connectivity index (χ0v) is 14.0. The highest BCUT2D eigenvalue weighted by atomic mass is 32.2. The average molecular weight is 327 g/mol. The zero-order chi connectivity index (χ0) is 16.6. The molecule has 6 heteroatoms. The smallest absolute Gasteiger partial charge is 0.176 e. The van der Waals surface area contributed by atoms with Gasteiger partial charge in [-0.15, -0.1) is 0 Å². The number of para-hydroxylation sites is 1. The largest absolute Gasteiger partial charge is 0.362 e. The SMILES string of the molecule is CN(C)c1nc(-c2ccccc2S(C)(=O)=O)nc2ccccc12. The van der Waals surface area contributed by atoms with E-state index in [1.807, 2.05) is 43.3 Å². The lowest BCUT2D eigenvalue weighted by molar-refractivity contribution is 0.602. The summed E-state index contributed by atoms with van der Waals surface area (Å²) in [6.07, 6.45) is 1.19. The van der Waals surface area contributed by atoms with E-state index in [1.165, 1.54) is 6.26 Å². The molecule has 0 atom stereocenters. The van der Waals surface area contributed by atoms with Crippen LogP contribution in [0.5, 0.6) is 0 Å². The van der Waals surface area contributed by atoms with E-state index in [0.29, 0.717) is 11.4 Å². The summed E-state index contributed by atoms with van der Waals surface area (Å²) >= 11 is 0. The molecule has 1 heterocycles. The molecule has 0 spiro atoms. The first-order chi connectivity index (χ1) is 10.9. The van der Waals surface area contributed by atoms with Crippen LogP contribution in [-0.4, -0.2) is 38.7 Å². The van der Waals surface area contributed by atoms with Crippen molar-refractivity contribution in [1.82, 2.24) is 9.97 Å². The highest BCUT2D eigenvalue weighted by Crippen LogP contribution is 2.29. The topological polar surface area (TPSA) is 63.2 Å². The van der Waals surface area contributed by atoms with Crippen LogP contribution in [-0.2, 0) is 9.84 Å². The van der Waals surface area contributed by atoms with E-state index in [-0.39, 0.29) is 4.90 Å². The van der Waals surface area contributed by atoms with E-state index in [0.717, 1.165) is 16.7 Å². The highest BCUT2D eigenvalue weighted by molar-refractivity contribution is 7.90. The number of fused-ring (bicyclic) bond motifs is 1. The fourth-order valence-electron chi connectivity index (χ4n) is 2.50. The van der Waals surface area contributed by atoms with Crippen LogP contribution < -0.4 is 4.90 Å². The van der Waals surface area contributed by atoms with Gasteiger partial charge in [0.25, 0.3) is 0 Å². The summed E-state index contributed by atoms with van der Waals surface area (Å²) in [6.45, 7) is 0. The predicted molar refractivity (Wildman–Crippen MR) is 92.4 cm³/mol. The van der Waals surface area contributed by atoms with E-state index in [4.69, 9.17) is 0 Å². The molecule has 0 amide bonds. The molecular formula is C17H17N3O2S. The van der Waals surface area contributed by atoms with Crippen molar-refractivity contribution in [2.75, 3.05) is 25.3 Å². The molecule has 0 radical (unpaired) electrons. The Morgan fingerprint density at radius 1 is 0.913 bits per heavy atom. The fraction of sp³-hybridized carbons (Fsp3) is 0.176. The third kappa shape index (κ3) is 2.90. The number of anilines is 1. The van der Waals surface area contributed by atoms with Crippen LogP contribution in [0.2, 0.25) is 0 Å². The third-order valence-corrected chi connectivity index (χ3v) is 4.69. The van der Waals surface area contributed by atoms with Crippen molar-refractivity contribution in [1.29, 1.82) is 0 Å². The Kier molecular flexibility index (Phi) is 3.77. The van der Waals surface area contributed by atoms with Gasteiger partial charge in [0.2, 0.25) is 0 Å². The van der Waals surface area contributed by atoms with E-state index in [2.05, 4.69) is 9.97 Å². The quantitative estimate of drug-likeness (QED) is 0.740. The van der Waals surface area contributed by atoms with Crippen molar-refractivity contribution < 1.29 is 8.42 Å². The Balaban J connectivity index is 2.35. The minimum Gasteiger partial charge on any atom is -0.362 e. The molecule has 2 aromatic carbocycles. The summed E-state index contributed by atoms with van der Waals surface area (Å²) in [5, 5.41) is 0.929. The van der Waals surface area contributed by atoms with E-state index in [9.17, 15) is 8.42 Å². The van der Waals surface area contributed by atoms with Gasteiger partial charge in [0.05, 0.1) is 10.4 Å². The lowest BCUT2D eigenvalue weighted by atomic mass is 10.1. The lowest BCUT2D eigenvalue weighted by Crippen LogP contribution is -2.12. The molecule has 1 aromatic heterocycles. The van der Waals surface area contributed by atoms with E-state index in [1.54, 1.807) is 24.3 Å². The Labute approximate surface area is 135 Å². The van der Waals surface area contributed by atoms with Crippen molar-refractivity contribution in [3.63, 3.8) is 0 Å². The molecule has 5 nitrogen and oxygen atoms in total. The summed E-state index contributed by atoms with van der Waals surface area (Å²) in [7, 11) is 0.446. The van der Waals surface area contributed by atoms with Gasteiger partial charge in [-0.2, -0.15) is 0 Å². The zero-order valence-electron chi connectivity index (χ0n) is 13.2. The van der Waals surface area contributed by atoms with Crippen molar-refractivity contribution in [2.45, 2.75) is 4.90 Å². The number of nitrogens with zero attached hydrogens (tertiary/aromatic N) is 3. The average Bonchev–Trinajstić information content (AvgIpc) is 2.53. The van der Waals surface area contributed by atoms with Crippen LogP contribution in [0.15, 0.2) is 53.4 Å². The molecule has 0 saturated carbocycles. The summed E-state index contributed by atoms with van der Waals surface area (Å²) in [6, 6.07) is 14.5. The molecule has 0 aliphatic rings. The number of benzene rings is 2. The molecule has 23 heavy (non-hydrogen) atoms. The summed E-state index contributed by atoms with van der Waals surface area (Å²) in [4.78, 5) is 11.3. The molecule has 0 bridgehead atoms. The molecule has 0 aliphatic carbocycles. The second-order valence-electron chi connectivity index (χ2n) is 5.55. The highest BCUT2D eigenvalue weighted by Gasteiger charge is 2.18. The molecular weight excluding hydrogens is 310 g/mol. The summed E-state index contributed by atoms with van der Waals surface area (Å²) < 4.78 is 24.1. The van der Waals surface area contributed by atoms with Crippen LogP contribution in [0, 0.1) is 0 Å². The van der Waals surface area contributed by atoms with Crippen LogP contribution in [0.3, 0.4) is 0 Å². The second kappa shape index (κ2) is 5.62. The standard InChI is InChI=1S/C17H17N3O2S/c1-20(2)17-12-8-4-6-10-14(12)18-16(19-17)13-9-5-7-11-15(13)23(3,21)22/h4-11H,1-3H3. The van der Waals surface area contributed by atoms with Crippen LogP contribution in [0.25, 0.3) is 22.3 Å². The molecule has 3 rings (SSSR count). The van der Waals surface area contributed by atoms with Gasteiger partial charge in [-0.05, 0) is 24.3 Å². The maximum absolute atomic E-state index is 12.0. The van der Waals surface area contributed by atoms with Gasteiger partial charge in [0.1, 0.15) is 5.82 Å². The molecule has 3 aromatic rings. The fourth-order valence-corrected chi connectivity index (χ4v) is 3.38. The second-order valence-corrected chi connectivity index (χ2v) is 7.53. The Hall–Kier alpha value is -2.47. The normalized spacial score (nSPS) is 11.6. The van der Waals surface area contributed by atoms with Crippen molar-refractivity contribution in [2.24, 2.45) is 0 Å². The first-order valence-corrected chi connectivity index (χ1v) is 9.00. The van der Waals surface area contributed by atoms with Gasteiger partial charge in [0, 0.05) is 31.3 Å². The Morgan fingerprint density at radius 3 is 2.26 bits per heavy atom. The van der Waals surface area contributed by atoms with Gasteiger partial charge < -0.3 is 4.90 Å². The van der Waals surface area contributed by atoms with Gasteiger partial charge >= 0.3 is 0 Å². The molecule has 0 N–H and O–H groups in total. The minimum absolute atomic E-state index is 0.236. The van der Waals surface area contributed by atoms with Gasteiger partial charge in [-0.25, -0.2) is 18.4 Å². The van der Waals surface area contributed by atoms with Crippen LogP contribution in [0.1, 0.15) is 0 Å². The predicted octanol–water partition coefficient (Wildman–Crippen LogP) is 2.77. The Morgan fingerprint density at radius 2 is 1.57 bits per heavy atom. The number of hydrogen-bond acceptors (Lipinski definition) is 5. The van der Waals surface area contributed by atoms with Gasteiger partial charge in [0.15, 0.2) is 15.7 Å². The summed E-state index contributed by atoms with van der Waals surface area (Å²) in [5.74, 6) is 1.17. The van der Waals surface area contributed by atoms with Gasteiger partial charge in [-0.1, -0.05) is 24.3 Å². The monoisotopic (exact) mass is 327 g/mol. The Bertz CT molecular complexity index is 982. The number of rotatable bonds is 3. The molecule has 0 saturated heterocycles. The first kappa shape index (κ1) is 15.4.